The summed E-state index contributed by atoms with van der Waals surface area (Å²) < 4.78 is 68.2. The van der Waals surface area contributed by atoms with Crippen molar-refractivity contribution in [2.75, 3.05) is 39.6 Å². The van der Waals surface area contributed by atoms with Gasteiger partial charge in [-0.15, -0.1) is 0 Å². The van der Waals surface area contributed by atoms with Crippen LogP contribution in [0.25, 0.3) is 0 Å². The maximum atomic E-state index is 13.1. The molecule has 0 aliphatic rings. The number of phosphoric ester groups is 2. The lowest BCUT2D eigenvalue weighted by Gasteiger charge is -2.21. The number of esters is 4. The van der Waals surface area contributed by atoms with Gasteiger partial charge in [-0.05, 0) is 37.5 Å². The second-order valence-corrected chi connectivity index (χ2v) is 31.3. The predicted molar refractivity (Wildman–Crippen MR) is 386 cm³/mol. The molecule has 0 aromatic rings. The lowest BCUT2D eigenvalue weighted by molar-refractivity contribution is -0.161. The van der Waals surface area contributed by atoms with E-state index in [0.717, 1.165) is 102 Å². The Morgan fingerprint density at radius 1 is 0.284 bits per heavy atom. The highest BCUT2D eigenvalue weighted by atomic mass is 31.2. The first kappa shape index (κ1) is 93.1. The van der Waals surface area contributed by atoms with E-state index in [-0.39, 0.29) is 25.7 Å². The zero-order valence-corrected chi connectivity index (χ0v) is 63.8. The molecule has 95 heavy (non-hydrogen) atoms. The number of aliphatic hydroxyl groups excluding tert-OH is 1. The molecule has 0 aromatic heterocycles. The fourth-order valence-corrected chi connectivity index (χ4v) is 13.2. The van der Waals surface area contributed by atoms with E-state index in [9.17, 15) is 43.2 Å². The van der Waals surface area contributed by atoms with Gasteiger partial charge in [-0.1, -0.05) is 343 Å². The SMILES string of the molecule is CCCCCCCCCCCCCCCCCCCCCCCC(=O)O[C@H](COC(=O)CCCCCCCCCCCCCCCCCCC(C)C)COP(=O)(O)OC[C@@H](O)COP(=O)(O)OC[C@@H](COC(=O)CCCCCCC)OC(=O)CCCCCCCCCC(C)C. The minimum Gasteiger partial charge on any atom is -0.462 e. The molecule has 3 N–H and O–H groups in total. The standard InChI is InChI=1S/C76H148O17P2/c1-7-9-11-13-14-15-16-17-18-19-20-21-22-23-28-31-34-37-42-48-54-60-75(80)93-72(65-87-74(79)59-53-47-41-36-33-30-27-25-24-26-29-32-35-39-45-50-56-68(3)4)67-91-95(84,85)89-63-70(77)62-88-94(82,83)90-66-71(64-86-73(78)58-52-44-12-10-8-2)92-76(81)61-55-49-43-38-40-46-51-57-69(5)6/h68-72,77H,7-67H2,1-6H3,(H,82,83)(H,84,85)/t70-,71+,72+/m0/s1. The van der Waals surface area contributed by atoms with Crippen LogP contribution in [0.3, 0.4) is 0 Å². The lowest BCUT2D eigenvalue weighted by Crippen LogP contribution is -2.30. The van der Waals surface area contributed by atoms with Crippen LogP contribution in [-0.4, -0.2) is 96.7 Å². The molecule has 0 aliphatic heterocycles. The van der Waals surface area contributed by atoms with Crippen molar-refractivity contribution in [2.24, 2.45) is 11.8 Å². The first-order chi connectivity index (χ1) is 45.9. The van der Waals surface area contributed by atoms with Crippen LogP contribution >= 0.6 is 15.6 Å². The van der Waals surface area contributed by atoms with Gasteiger partial charge in [0.15, 0.2) is 12.2 Å². The topological polar surface area (TPSA) is 237 Å². The quantitative estimate of drug-likeness (QED) is 0.0222. The van der Waals surface area contributed by atoms with Gasteiger partial charge < -0.3 is 33.8 Å². The minimum absolute atomic E-state index is 0.103. The summed E-state index contributed by atoms with van der Waals surface area (Å²) in [6, 6.07) is 0. The average Bonchev–Trinajstić information content (AvgIpc) is 2.62. The Hall–Kier alpha value is -1.94. The second kappa shape index (κ2) is 67.9. The van der Waals surface area contributed by atoms with E-state index in [1.807, 2.05) is 0 Å². The van der Waals surface area contributed by atoms with Crippen LogP contribution in [0.2, 0.25) is 0 Å². The number of ether oxygens (including phenoxy) is 4. The minimum atomic E-state index is -4.96. The molecular formula is C76H148O17P2. The maximum absolute atomic E-state index is 13.1. The van der Waals surface area contributed by atoms with Gasteiger partial charge in [-0.25, -0.2) is 9.13 Å². The highest BCUT2D eigenvalue weighted by molar-refractivity contribution is 7.47. The summed E-state index contributed by atoms with van der Waals surface area (Å²) in [5.41, 5.74) is 0. The van der Waals surface area contributed by atoms with Crippen molar-refractivity contribution in [2.45, 2.75) is 413 Å². The zero-order chi connectivity index (χ0) is 70.0. The van der Waals surface area contributed by atoms with E-state index < -0.39 is 97.5 Å². The van der Waals surface area contributed by atoms with E-state index in [0.29, 0.717) is 31.6 Å². The molecule has 5 atom stereocenters. The Morgan fingerprint density at radius 3 is 0.716 bits per heavy atom. The van der Waals surface area contributed by atoms with Crippen molar-refractivity contribution in [1.82, 2.24) is 0 Å². The Labute approximate surface area is 581 Å². The first-order valence-corrected chi connectivity index (χ1v) is 42.5. The van der Waals surface area contributed by atoms with Crippen molar-refractivity contribution < 1.29 is 80.2 Å². The Balaban J connectivity index is 5.10. The van der Waals surface area contributed by atoms with Gasteiger partial charge in [0.05, 0.1) is 26.4 Å². The van der Waals surface area contributed by atoms with Crippen LogP contribution in [0, 0.1) is 11.8 Å². The van der Waals surface area contributed by atoms with Crippen molar-refractivity contribution in [3.05, 3.63) is 0 Å². The third-order valence-corrected chi connectivity index (χ3v) is 19.6. The number of rotatable bonds is 75. The summed E-state index contributed by atoms with van der Waals surface area (Å²) >= 11 is 0. The summed E-state index contributed by atoms with van der Waals surface area (Å²) in [6.07, 6.45) is 56.3. The smallest absolute Gasteiger partial charge is 0.462 e. The molecule has 0 aliphatic carbocycles. The fraction of sp³-hybridized carbons (Fsp3) is 0.947. The molecule has 0 spiro atoms. The predicted octanol–water partition coefficient (Wildman–Crippen LogP) is 22.3. The number of phosphoric acid groups is 2. The molecule has 2 unspecified atom stereocenters. The van der Waals surface area contributed by atoms with Crippen LogP contribution in [0.4, 0.5) is 0 Å². The summed E-state index contributed by atoms with van der Waals surface area (Å²) in [5.74, 6) is -0.623. The molecular weight excluding hydrogens is 1250 g/mol. The summed E-state index contributed by atoms with van der Waals surface area (Å²) in [6.45, 7) is 9.46. The monoisotopic (exact) mass is 1400 g/mol. The Morgan fingerprint density at radius 2 is 0.484 bits per heavy atom. The molecule has 0 fully saturated rings. The van der Waals surface area contributed by atoms with E-state index in [4.69, 9.17) is 37.0 Å². The van der Waals surface area contributed by atoms with E-state index in [1.54, 1.807) is 0 Å². The molecule has 19 heteroatoms. The van der Waals surface area contributed by atoms with Gasteiger partial charge in [0, 0.05) is 25.7 Å². The number of aliphatic hydroxyl groups is 1. The van der Waals surface area contributed by atoms with Gasteiger partial charge in [0.1, 0.15) is 19.3 Å². The van der Waals surface area contributed by atoms with Crippen LogP contribution in [0.15, 0.2) is 0 Å². The van der Waals surface area contributed by atoms with Gasteiger partial charge in [0.2, 0.25) is 0 Å². The van der Waals surface area contributed by atoms with E-state index in [2.05, 4.69) is 41.5 Å². The van der Waals surface area contributed by atoms with Gasteiger partial charge in [-0.3, -0.25) is 37.3 Å². The van der Waals surface area contributed by atoms with E-state index >= 15 is 0 Å². The lowest BCUT2D eigenvalue weighted by atomic mass is 10.0. The number of hydrogen-bond acceptors (Lipinski definition) is 15. The molecule has 0 aromatic carbocycles. The number of carbonyl (C=O) groups excluding carboxylic acids is 4. The number of unbranched alkanes of at least 4 members (excludes halogenated alkanes) is 45. The fourth-order valence-electron chi connectivity index (χ4n) is 11.7. The largest absolute Gasteiger partial charge is 0.472 e. The average molecular weight is 1400 g/mol. The summed E-state index contributed by atoms with van der Waals surface area (Å²) in [5, 5.41) is 10.6. The van der Waals surface area contributed by atoms with Gasteiger partial charge in [-0.2, -0.15) is 0 Å². The molecule has 0 bridgehead atoms. The summed E-state index contributed by atoms with van der Waals surface area (Å²) in [4.78, 5) is 72.4. The summed E-state index contributed by atoms with van der Waals surface area (Å²) in [7, 11) is -9.90. The first-order valence-electron chi connectivity index (χ1n) is 39.5. The molecule has 0 saturated carbocycles. The van der Waals surface area contributed by atoms with Crippen LogP contribution in [0.1, 0.15) is 395 Å². The Kier molecular flexibility index (Phi) is 66.5. The molecule has 0 rings (SSSR count). The normalized spacial score (nSPS) is 14.0. The number of hydrogen-bond donors (Lipinski definition) is 3. The van der Waals surface area contributed by atoms with Gasteiger partial charge in [0.25, 0.3) is 0 Å². The van der Waals surface area contributed by atoms with Crippen molar-refractivity contribution >= 4 is 39.5 Å². The highest BCUT2D eigenvalue weighted by Gasteiger charge is 2.30. The maximum Gasteiger partial charge on any atom is 0.472 e. The van der Waals surface area contributed by atoms with E-state index in [1.165, 1.54) is 205 Å². The third kappa shape index (κ3) is 70.3. The molecule has 564 valence electrons. The molecule has 0 heterocycles. The van der Waals surface area contributed by atoms with Crippen LogP contribution < -0.4 is 0 Å². The van der Waals surface area contributed by atoms with Crippen molar-refractivity contribution in [1.29, 1.82) is 0 Å². The van der Waals surface area contributed by atoms with Crippen LogP contribution in [-0.2, 0) is 65.4 Å². The highest BCUT2D eigenvalue weighted by Crippen LogP contribution is 2.45. The van der Waals surface area contributed by atoms with Crippen LogP contribution in [0.5, 0.6) is 0 Å². The molecule has 0 saturated heterocycles. The zero-order valence-electron chi connectivity index (χ0n) is 62.0. The Bertz CT molecular complexity index is 1840. The molecule has 0 radical (unpaired) electrons. The molecule has 0 amide bonds. The van der Waals surface area contributed by atoms with Crippen molar-refractivity contribution in [3.63, 3.8) is 0 Å². The van der Waals surface area contributed by atoms with Gasteiger partial charge >= 0.3 is 39.5 Å². The number of carbonyl (C=O) groups is 4. The molecule has 17 nitrogen and oxygen atoms in total. The second-order valence-electron chi connectivity index (χ2n) is 28.3. The third-order valence-electron chi connectivity index (χ3n) is 17.7. The van der Waals surface area contributed by atoms with Crippen molar-refractivity contribution in [3.8, 4) is 0 Å².